The van der Waals surface area contributed by atoms with Crippen LogP contribution < -0.4 is 11.3 Å². The highest BCUT2D eigenvalue weighted by molar-refractivity contribution is 5.90. The summed E-state index contributed by atoms with van der Waals surface area (Å²) in [5.74, 6) is 5.02. The van der Waals surface area contributed by atoms with Crippen molar-refractivity contribution in [1.29, 1.82) is 0 Å². The molecule has 1 aliphatic rings. The van der Waals surface area contributed by atoms with Gasteiger partial charge in [0.2, 0.25) is 5.91 Å². The number of carbonyl (C=O) groups excluding carboxylic acids is 1. The Bertz CT molecular complexity index is 319. The van der Waals surface area contributed by atoms with Gasteiger partial charge in [-0.25, -0.2) is 5.84 Å². The number of hydrogen-bond donors (Lipinski definition) is 2. The van der Waals surface area contributed by atoms with E-state index < -0.39 is 0 Å². The Labute approximate surface area is 76.1 Å². The molecular weight excluding hydrogens is 166 g/mol. The Morgan fingerprint density at radius 3 is 2.54 bits per heavy atom. The van der Waals surface area contributed by atoms with Crippen molar-refractivity contribution in [3.63, 3.8) is 0 Å². The fourth-order valence-corrected chi connectivity index (χ4v) is 1.58. The lowest BCUT2D eigenvalue weighted by Crippen LogP contribution is -2.39. The van der Waals surface area contributed by atoms with Gasteiger partial charge in [-0.05, 0) is 30.5 Å². The van der Waals surface area contributed by atoms with Crippen LogP contribution in [0.15, 0.2) is 24.5 Å². The second-order valence-corrected chi connectivity index (χ2v) is 3.29. The minimum absolute atomic E-state index is 0.0984. The molecule has 0 bridgehead atoms. The maximum atomic E-state index is 11.4. The molecule has 1 aromatic rings. The van der Waals surface area contributed by atoms with Crippen LogP contribution in [0.4, 0.5) is 0 Å². The zero-order valence-electron chi connectivity index (χ0n) is 7.16. The zero-order chi connectivity index (χ0) is 9.31. The third-order valence-electron chi connectivity index (χ3n) is 2.55. The highest BCUT2D eigenvalue weighted by Gasteiger charge is 2.50. The Hall–Kier alpha value is -1.42. The molecule has 0 aliphatic heterocycles. The molecule has 68 valence electrons. The molecule has 1 aromatic heterocycles. The second kappa shape index (κ2) is 2.81. The van der Waals surface area contributed by atoms with Crippen molar-refractivity contribution in [1.82, 2.24) is 10.4 Å². The van der Waals surface area contributed by atoms with Gasteiger partial charge >= 0.3 is 0 Å². The number of nitrogens with one attached hydrogen (secondary N) is 1. The first-order valence-electron chi connectivity index (χ1n) is 4.21. The van der Waals surface area contributed by atoms with Gasteiger partial charge < -0.3 is 0 Å². The van der Waals surface area contributed by atoms with Crippen molar-refractivity contribution in [2.45, 2.75) is 18.3 Å². The fourth-order valence-electron chi connectivity index (χ4n) is 1.58. The van der Waals surface area contributed by atoms with Crippen molar-refractivity contribution in [3.05, 3.63) is 30.1 Å². The van der Waals surface area contributed by atoms with Crippen LogP contribution in [0.5, 0.6) is 0 Å². The van der Waals surface area contributed by atoms with E-state index in [4.69, 9.17) is 5.84 Å². The molecule has 13 heavy (non-hydrogen) atoms. The van der Waals surface area contributed by atoms with Gasteiger partial charge in [0.1, 0.15) is 0 Å². The SMILES string of the molecule is NNC(=O)C1(c2ccncc2)CC1. The van der Waals surface area contributed by atoms with Crippen LogP contribution in [0, 0.1) is 0 Å². The van der Waals surface area contributed by atoms with Gasteiger partial charge in [-0.1, -0.05) is 0 Å². The highest BCUT2D eigenvalue weighted by Crippen LogP contribution is 2.47. The number of pyridine rings is 1. The summed E-state index contributed by atoms with van der Waals surface area (Å²) in [5.41, 5.74) is 2.85. The smallest absolute Gasteiger partial charge is 0.244 e. The lowest BCUT2D eigenvalue weighted by molar-refractivity contribution is -0.123. The minimum atomic E-state index is -0.363. The number of carbonyl (C=O) groups is 1. The molecule has 0 atom stereocenters. The van der Waals surface area contributed by atoms with E-state index in [0.717, 1.165) is 18.4 Å². The van der Waals surface area contributed by atoms with Gasteiger partial charge in [0, 0.05) is 12.4 Å². The summed E-state index contributed by atoms with van der Waals surface area (Å²) in [6, 6.07) is 3.73. The summed E-state index contributed by atoms with van der Waals surface area (Å²) >= 11 is 0. The maximum absolute atomic E-state index is 11.4. The van der Waals surface area contributed by atoms with Crippen LogP contribution in [0.3, 0.4) is 0 Å². The minimum Gasteiger partial charge on any atom is -0.293 e. The van der Waals surface area contributed by atoms with Gasteiger partial charge in [-0.2, -0.15) is 0 Å². The third kappa shape index (κ3) is 1.19. The first-order valence-corrected chi connectivity index (χ1v) is 4.21. The maximum Gasteiger partial charge on any atom is 0.244 e. The molecule has 1 saturated carbocycles. The van der Waals surface area contributed by atoms with Gasteiger partial charge in [0.15, 0.2) is 0 Å². The van der Waals surface area contributed by atoms with Crippen molar-refractivity contribution < 1.29 is 4.79 Å². The molecule has 2 rings (SSSR count). The lowest BCUT2D eigenvalue weighted by atomic mass is 9.96. The van der Waals surface area contributed by atoms with Crippen molar-refractivity contribution in [3.8, 4) is 0 Å². The van der Waals surface area contributed by atoms with Gasteiger partial charge in [-0.3, -0.25) is 15.2 Å². The Kier molecular flexibility index (Phi) is 1.77. The molecule has 3 N–H and O–H groups in total. The van der Waals surface area contributed by atoms with Gasteiger partial charge in [0.25, 0.3) is 0 Å². The summed E-state index contributed by atoms with van der Waals surface area (Å²) in [4.78, 5) is 15.3. The van der Waals surface area contributed by atoms with E-state index in [-0.39, 0.29) is 11.3 Å². The predicted octanol–water partition coefficient (Wildman–Crippen LogP) is 0.103. The van der Waals surface area contributed by atoms with E-state index in [0.29, 0.717) is 0 Å². The number of amides is 1. The Balaban J connectivity index is 2.31. The Morgan fingerprint density at radius 1 is 1.46 bits per heavy atom. The molecule has 1 amide bonds. The number of rotatable bonds is 2. The van der Waals surface area contributed by atoms with Crippen LogP contribution in [0.2, 0.25) is 0 Å². The average Bonchev–Trinajstić information content (AvgIpc) is 2.99. The largest absolute Gasteiger partial charge is 0.293 e. The Morgan fingerprint density at radius 2 is 2.08 bits per heavy atom. The quantitative estimate of drug-likeness (QED) is 0.382. The summed E-state index contributed by atoms with van der Waals surface area (Å²) in [7, 11) is 0. The van der Waals surface area contributed by atoms with Crippen molar-refractivity contribution >= 4 is 5.91 Å². The normalized spacial score (nSPS) is 17.9. The molecule has 0 aromatic carbocycles. The molecule has 1 heterocycles. The number of nitrogens with two attached hydrogens (primary N) is 1. The van der Waals surface area contributed by atoms with E-state index in [9.17, 15) is 4.79 Å². The van der Waals surface area contributed by atoms with Crippen LogP contribution in [-0.4, -0.2) is 10.9 Å². The molecule has 0 spiro atoms. The summed E-state index contributed by atoms with van der Waals surface area (Å²) in [5, 5.41) is 0. The lowest BCUT2D eigenvalue weighted by Gasteiger charge is -2.12. The fraction of sp³-hybridized carbons (Fsp3) is 0.333. The van der Waals surface area contributed by atoms with Crippen LogP contribution in [-0.2, 0) is 10.2 Å². The first-order chi connectivity index (χ1) is 6.29. The number of hydrogen-bond acceptors (Lipinski definition) is 3. The van der Waals surface area contributed by atoms with Gasteiger partial charge in [0.05, 0.1) is 5.41 Å². The summed E-state index contributed by atoms with van der Waals surface area (Å²) in [6.07, 6.45) is 5.14. The standard InChI is InChI=1S/C9H11N3O/c10-12-8(13)9(3-4-9)7-1-5-11-6-2-7/h1-2,5-6H,3-4,10H2,(H,12,13). The topological polar surface area (TPSA) is 68.0 Å². The monoisotopic (exact) mass is 177 g/mol. The molecule has 1 fully saturated rings. The summed E-state index contributed by atoms with van der Waals surface area (Å²) < 4.78 is 0. The molecular formula is C9H11N3O. The predicted molar refractivity (Wildman–Crippen MR) is 47.5 cm³/mol. The van der Waals surface area contributed by atoms with E-state index in [1.54, 1.807) is 12.4 Å². The molecule has 0 saturated heterocycles. The van der Waals surface area contributed by atoms with Crippen LogP contribution >= 0.6 is 0 Å². The number of hydrazine groups is 1. The third-order valence-corrected chi connectivity index (χ3v) is 2.55. The second-order valence-electron chi connectivity index (χ2n) is 3.29. The molecule has 0 unspecified atom stereocenters. The van der Waals surface area contributed by atoms with E-state index >= 15 is 0 Å². The zero-order valence-corrected chi connectivity index (χ0v) is 7.16. The first kappa shape index (κ1) is 8.19. The average molecular weight is 177 g/mol. The van der Waals surface area contributed by atoms with Crippen LogP contribution in [0.25, 0.3) is 0 Å². The van der Waals surface area contributed by atoms with Crippen molar-refractivity contribution in [2.24, 2.45) is 5.84 Å². The van der Waals surface area contributed by atoms with Crippen molar-refractivity contribution in [2.75, 3.05) is 0 Å². The van der Waals surface area contributed by atoms with E-state index in [1.807, 2.05) is 12.1 Å². The molecule has 0 radical (unpaired) electrons. The summed E-state index contributed by atoms with van der Waals surface area (Å²) in [6.45, 7) is 0. The molecule has 4 nitrogen and oxygen atoms in total. The van der Waals surface area contributed by atoms with Gasteiger partial charge in [-0.15, -0.1) is 0 Å². The number of nitrogens with zero attached hydrogens (tertiary/aromatic N) is 1. The molecule has 4 heteroatoms. The van der Waals surface area contributed by atoms with Crippen LogP contribution in [0.1, 0.15) is 18.4 Å². The van der Waals surface area contributed by atoms with E-state index in [2.05, 4.69) is 10.4 Å². The highest BCUT2D eigenvalue weighted by atomic mass is 16.2. The number of aromatic nitrogens is 1. The molecule has 1 aliphatic carbocycles. The van der Waals surface area contributed by atoms with E-state index in [1.165, 1.54) is 0 Å².